The summed E-state index contributed by atoms with van der Waals surface area (Å²) in [5.41, 5.74) is -3.15. The predicted octanol–water partition coefficient (Wildman–Crippen LogP) is 2.93. The minimum Gasteiger partial charge on any atom is -0.494 e. The van der Waals surface area contributed by atoms with E-state index >= 15 is 4.39 Å². The van der Waals surface area contributed by atoms with Gasteiger partial charge in [-0.3, -0.25) is 9.59 Å². The van der Waals surface area contributed by atoms with Gasteiger partial charge in [-0.2, -0.15) is 28.4 Å². The van der Waals surface area contributed by atoms with Crippen LogP contribution in [0.4, 0.5) is 23.4 Å². The molecule has 2 aromatic heterocycles. The first-order valence-electron chi connectivity index (χ1n) is 14.1. The number of amides is 1. The maximum atomic E-state index is 15.1. The van der Waals surface area contributed by atoms with Crippen LogP contribution in [0.5, 0.6) is 11.8 Å². The van der Waals surface area contributed by atoms with E-state index in [9.17, 15) is 28.0 Å². The van der Waals surface area contributed by atoms with Crippen LogP contribution in [0.3, 0.4) is 0 Å². The van der Waals surface area contributed by atoms with E-state index in [0.717, 1.165) is 38.6 Å². The molecule has 1 amide bonds. The number of hydrogen-bond acceptors (Lipinski definition) is 10. The lowest BCUT2D eigenvalue weighted by molar-refractivity contribution is -0.146. The Morgan fingerprint density at radius 1 is 1.18 bits per heavy atom. The molecule has 4 heterocycles. The molecule has 238 valence electrons. The molecule has 2 fully saturated rings. The van der Waals surface area contributed by atoms with Crippen molar-refractivity contribution in [1.82, 2.24) is 29.3 Å². The highest BCUT2D eigenvalue weighted by Gasteiger charge is 2.41. The van der Waals surface area contributed by atoms with Crippen LogP contribution in [0.15, 0.2) is 35.6 Å². The number of nitriles is 1. The largest absolute Gasteiger partial charge is 0.494 e. The van der Waals surface area contributed by atoms with Crippen LogP contribution in [0, 0.1) is 17.1 Å². The number of para-hydroxylation sites is 1. The molecule has 16 heteroatoms. The van der Waals surface area contributed by atoms with Crippen molar-refractivity contribution < 1.29 is 31.8 Å². The van der Waals surface area contributed by atoms with Crippen LogP contribution in [0.2, 0.25) is 0 Å². The Hall–Kier alpha value is -4.78. The number of likely N-dealkylation sites (N-methyl/N-ethyl adjacent to an activating group) is 1. The van der Waals surface area contributed by atoms with E-state index in [0.29, 0.717) is 0 Å². The molecular weight excluding hydrogens is 600 g/mol. The maximum Gasteiger partial charge on any atom is 0.450 e. The highest BCUT2D eigenvalue weighted by molar-refractivity contribution is 5.88. The number of likely N-dealkylation sites (tertiary alicyclic amines) is 1. The summed E-state index contributed by atoms with van der Waals surface area (Å²) in [4.78, 5) is 43.9. The summed E-state index contributed by atoms with van der Waals surface area (Å²) < 4.78 is 70.0. The third kappa shape index (κ3) is 6.12. The standard InChI is InChI=1S/C29H30F4N8O4/c1-4-21(42)40-14-13-39(15-17(40)10-11-34)25-22-23(36-28(37-25)45-16-18-7-6-12-38(18)2)26(43)41(27(35-22)29(31,32)33)24-19(30)8-5-9-20(24)44-3/h4-5,8-9,17-18H,1,6-7,10,12-16H2,2-3H3. The molecule has 45 heavy (non-hydrogen) atoms. The molecule has 12 nitrogen and oxygen atoms in total. The number of anilines is 1. The number of halogens is 4. The topological polar surface area (TPSA) is 130 Å². The van der Waals surface area contributed by atoms with Crippen LogP contribution in [-0.4, -0.2) is 94.3 Å². The van der Waals surface area contributed by atoms with Gasteiger partial charge in [-0.1, -0.05) is 12.6 Å². The van der Waals surface area contributed by atoms with E-state index in [1.54, 1.807) is 0 Å². The Morgan fingerprint density at radius 2 is 1.96 bits per heavy atom. The second-order valence-corrected chi connectivity index (χ2v) is 10.7. The molecule has 2 aliphatic heterocycles. The molecule has 1 aromatic carbocycles. The first-order chi connectivity index (χ1) is 21.5. The first-order valence-corrected chi connectivity index (χ1v) is 14.1. The number of alkyl halides is 3. The second kappa shape index (κ2) is 12.7. The molecule has 5 rings (SSSR count). The zero-order chi connectivity index (χ0) is 32.5. The summed E-state index contributed by atoms with van der Waals surface area (Å²) in [5, 5.41) is 9.42. The first kappa shape index (κ1) is 31.6. The summed E-state index contributed by atoms with van der Waals surface area (Å²) in [6, 6.07) is 4.42. The molecule has 0 aliphatic carbocycles. The summed E-state index contributed by atoms with van der Waals surface area (Å²) in [5.74, 6) is -3.77. The zero-order valence-corrected chi connectivity index (χ0v) is 24.6. The number of rotatable bonds is 8. The fourth-order valence-corrected chi connectivity index (χ4v) is 5.69. The highest BCUT2D eigenvalue weighted by atomic mass is 19.4. The third-order valence-electron chi connectivity index (χ3n) is 7.97. The molecule has 0 radical (unpaired) electrons. The van der Waals surface area contributed by atoms with Gasteiger partial charge in [-0.25, -0.2) is 13.9 Å². The number of aromatic nitrogens is 4. The highest BCUT2D eigenvalue weighted by Crippen LogP contribution is 2.35. The van der Waals surface area contributed by atoms with Crippen molar-refractivity contribution >= 4 is 22.8 Å². The normalized spacial score (nSPS) is 19.0. The molecule has 0 bridgehead atoms. The molecular formula is C29H30F4N8O4. The van der Waals surface area contributed by atoms with Crippen molar-refractivity contribution in [2.75, 3.05) is 51.8 Å². The number of carbonyl (C=O) groups is 1. The van der Waals surface area contributed by atoms with Crippen molar-refractivity contribution in [3.05, 3.63) is 52.8 Å². The second-order valence-electron chi connectivity index (χ2n) is 10.7. The number of methoxy groups -OCH3 is 1. The summed E-state index contributed by atoms with van der Waals surface area (Å²) in [7, 11) is 3.06. The van der Waals surface area contributed by atoms with Crippen molar-refractivity contribution in [3.63, 3.8) is 0 Å². The van der Waals surface area contributed by atoms with Gasteiger partial charge in [0.1, 0.15) is 23.6 Å². The molecule has 0 saturated carbocycles. The van der Waals surface area contributed by atoms with Crippen molar-refractivity contribution in [1.29, 1.82) is 5.26 Å². The Bertz CT molecular complexity index is 1720. The Morgan fingerprint density at radius 3 is 2.60 bits per heavy atom. The lowest BCUT2D eigenvalue weighted by atomic mass is 10.1. The number of fused-ring (bicyclic) bond motifs is 1. The van der Waals surface area contributed by atoms with Crippen molar-refractivity contribution in [3.8, 4) is 23.5 Å². The average Bonchev–Trinajstić information content (AvgIpc) is 3.43. The molecule has 2 atom stereocenters. The number of piperazine rings is 1. The van der Waals surface area contributed by atoms with E-state index in [4.69, 9.17) is 9.47 Å². The molecule has 2 saturated heterocycles. The van der Waals surface area contributed by atoms with E-state index in [-0.39, 0.29) is 60.8 Å². The van der Waals surface area contributed by atoms with E-state index < -0.39 is 52.0 Å². The number of nitrogens with zero attached hydrogens (tertiary/aromatic N) is 8. The maximum absolute atomic E-state index is 15.1. The van der Waals surface area contributed by atoms with Gasteiger partial charge in [0.2, 0.25) is 11.7 Å². The number of carbonyl (C=O) groups excluding carboxylic acids is 1. The molecule has 2 unspecified atom stereocenters. The molecule has 3 aromatic rings. The quantitative estimate of drug-likeness (QED) is 0.271. The summed E-state index contributed by atoms with van der Waals surface area (Å²) in [6.07, 6.45) is -2.41. The van der Waals surface area contributed by atoms with Gasteiger partial charge in [-0.05, 0) is 44.6 Å². The van der Waals surface area contributed by atoms with Gasteiger partial charge in [-0.15, -0.1) is 0 Å². The molecule has 0 spiro atoms. The third-order valence-corrected chi connectivity index (χ3v) is 7.97. The van der Waals surface area contributed by atoms with Gasteiger partial charge in [0.05, 0.1) is 25.6 Å². The van der Waals surface area contributed by atoms with Crippen LogP contribution in [0.25, 0.3) is 16.7 Å². The monoisotopic (exact) mass is 630 g/mol. The Balaban J connectivity index is 1.73. The molecule has 0 N–H and O–H groups in total. The minimum atomic E-state index is -5.22. The van der Waals surface area contributed by atoms with Gasteiger partial charge in [0.25, 0.3) is 5.56 Å². The molecule has 2 aliphatic rings. The summed E-state index contributed by atoms with van der Waals surface area (Å²) >= 11 is 0. The number of hydrogen-bond donors (Lipinski definition) is 0. The SMILES string of the molecule is C=CC(=O)N1CCN(c2nc(OCC3CCCN3C)nc3c(=O)n(-c4c(F)cccc4OC)c(C(F)(F)F)nc23)CC1CC#N. The fourth-order valence-electron chi connectivity index (χ4n) is 5.69. The average molecular weight is 631 g/mol. The van der Waals surface area contributed by atoms with Crippen LogP contribution < -0.4 is 19.9 Å². The van der Waals surface area contributed by atoms with Gasteiger partial charge in [0.15, 0.2) is 17.2 Å². The smallest absolute Gasteiger partial charge is 0.450 e. The number of benzene rings is 1. The van der Waals surface area contributed by atoms with Crippen molar-refractivity contribution in [2.24, 2.45) is 0 Å². The van der Waals surface area contributed by atoms with Crippen LogP contribution >= 0.6 is 0 Å². The zero-order valence-electron chi connectivity index (χ0n) is 24.6. The Labute approximate surface area is 255 Å². The number of ether oxygens (including phenoxy) is 2. The van der Waals surface area contributed by atoms with E-state index in [2.05, 4.69) is 26.4 Å². The summed E-state index contributed by atoms with van der Waals surface area (Å²) in [6.45, 7) is 4.63. The van der Waals surface area contributed by atoms with Crippen LogP contribution in [-0.2, 0) is 11.0 Å². The van der Waals surface area contributed by atoms with Gasteiger partial charge >= 0.3 is 12.2 Å². The van der Waals surface area contributed by atoms with E-state index in [1.165, 1.54) is 21.9 Å². The van der Waals surface area contributed by atoms with Crippen molar-refractivity contribution in [2.45, 2.75) is 37.5 Å². The predicted molar refractivity (Wildman–Crippen MR) is 154 cm³/mol. The van der Waals surface area contributed by atoms with E-state index in [1.807, 2.05) is 13.1 Å². The lowest BCUT2D eigenvalue weighted by Crippen LogP contribution is -2.55. The lowest BCUT2D eigenvalue weighted by Gasteiger charge is -2.40. The fraction of sp³-hybridized carbons (Fsp3) is 0.448. The van der Waals surface area contributed by atoms with Gasteiger partial charge in [0, 0.05) is 25.7 Å². The Kier molecular flexibility index (Phi) is 8.91. The minimum absolute atomic E-state index is 0.0166. The van der Waals surface area contributed by atoms with Crippen LogP contribution in [0.1, 0.15) is 25.1 Å². The van der Waals surface area contributed by atoms with Gasteiger partial charge < -0.3 is 24.2 Å².